The normalized spacial score (nSPS) is 16.1. The second kappa shape index (κ2) is 8.87. The van der Waals surface area contributed by atoms with E-state index >= 15 is 0 Å². The number of carbonyl (C=O) groups is 1. The molecule has 28 heavy (non-hydrogen) atoms. The Hall–Kier alpha value is -2.20. The van der Waals surface area contributed by atoms with Gasteiger partial charge in [-0.25, -0.2) is 9.78 Å². The molecule has 1 aromatic carbocycles. The third-order valence-corrected chi connectivity index (χ3v) is 5.24. The number of hydrogen-bond acceptors (Lipinski definition) is 4. The highest BCUT2D eigenvalue weighted by Crippen LogP contribution is 2.37. The second-order valence-corrected chi connectivity index (χ2v) is 7.71. The zero-order valence-electron chi connectivity index (χ0n) is 15.4. The first kappa shape index (κ1) is 20.5. The van der Waals surface area contributed by atoms with E-state index in [1.807, 2.05) is 17.8 Å². The van der Waals surface area contributed by atoms with Gasteiger partial charge in [-0.05, 0) is 42.4 Å². The van der Waals surface area contributed by atoms with E-state index in [-0.39, 0.29) is 22.7 Å². The number of alkyl halides is 3. The largest absolute Gasteiger partial charge is 0.446 e. The van der Waals surface area contributed by atoms with Gasteiger partial charge in [0.05, 0.1) is 6.54 Å². The van der Waals surface area contributed by atoms with Crippen molar-refractivity contribution in [3.05, 3.63) is 42.5 Å². The third-order valence-electron chi connectivity index (χ3n) is 4.50. The van der Waals surface area contributed by atoms with Gasteiger partial charge in [-0.1, -0.05) is 0 Å². The summed E-state index contributed by atoms with van der Waals surface area (Å²) in [6.07, 6.45) is 4.52. The van der Waals surface area contributed by atoms with Crippen molar-refractivity contribution < 1.29 is 18.0 Å². The Morgan fingerprint density at radius 2 is 1.93 bits per heavy atom. The van der Waals surface area contributed by atoms with Gasteiger partial charge in [0.25, 0.3) is 0 Å². The van der Waals surface area contributed by atoms with Crippen LogP contribution in [0.5, 0.6) is 0 Å². The lowest BCUT2D eigenvalue weighted by Crippen LogP contribution is -2.38. The molecule has 1 aromatic heterocycles. The van der Waals surface area contributed by atoms with Gasteiger partial charge >= 0.3 is 11.5 Å². The van der Waals surface area contributed by atoms with E-state index in [0.717, 1.165) is 31.9 Å². The molecule has 0 spiro atoms. The molecule has 2 heterocycles. The molecule has 0 aliphatic carbocycles. The molecular formula is C18H22F3N5OS. The SMILES string of the molecule is Cn1ccnc1CN1CCCN(C(=O)Nc2ccc(SC(F)(F)F)cc2)CC1. The van der Waals surface area contributed by atoms with Gasteiger partial charge in [0.15, 0.2) is 0 Å². The molecule has 2 aromatic rings. The molecule has 1 saturated heterocycles. The van der Waals surface area contributed by atoms with Crippen molar-refractivity contribution in [3.8, 4) is 0 Å². The van der Waals surface area contributed by atoms with Crippen LogP contribution >= 0.6 is 11.8 Å². The predicted octanol–water partition coefficient (Wildman–Crippen LogP) is 3.77. The molecule has 0 unspecified atom stereocenters. The highest BCUT2D eigenvalue weighted by Gasteiger charge is 2.29. The second-order valence-electron chi connectivity index (χ2n) is 6.57. The van der Waals surface area contributed by atoms with Crippen molar-refractivity contribution in [3.63, 3.8) is 0 Å². The third kappa shape index (κ3) is 5.90. The standard InChI is InChI=1S/C18H22F3N5OS/c1-24-10-7-22-16(24)13-25-8-2-9-26(12-11-25)17(27)23-14-3-5-15(6-4-14)28-18(19,20)21/h3-7,10H,2,8-9,11-13H2,1H3,(H,23,27). The number of nitrogens with one attached hydrogen (secondary N) is 1. The van der Waals surface area contributed by atoms with Gasteiger partial charge in [0.1, 0.15) is 5.82 Å². The van der Waals surface area contributed by atoms with E-state index in [1.165, 1.54) is 24.3 Å². The fraction of sp³-hybridized carbons (Fsp3) is 0.444. The number of aromatic nitrogens is 2. The maximum atomic E-state index is 12.5. The zero-order valence-corrected chi connectivity index (χ0v) is 16.3. The topological polar surface area (TPSA) is 53.4 Å². The van der Waals surface area contributed by atoms with Crippen LogP contribution in [0, 0.1) is 0 Å². The molecule has 2 amide bonds. The number of benzene rings is 1. The molecule has 1 aliphatic heterocycles. The molecule has 1 N–H and O–H groups in total. The minimum Gasteiger partial charge on any atom is -0.337 e. The fourth-order valence-electron chi connectivity index (χ4n) is 3.02. The molecule has 1 aliphatic rings. The molecule has 3 rings (SSSR count). The summed E-state index contributed by atoms with van der Waals surface area (Å²) < 4.78 is 39.1. The molecular weight excluding hydrogens is 391 g/mol. The molecule has 6 nitrogen and oxygen atoms in total. The van der Waals surface area contributed by atoms with Crippen LogP contribution in [0.15, 0.2) is 41.6 Å². The lowest BCUT2D eigenvalue weighted by molar-refractivity contribution is -0.0328. The Balaban J connectivity index is 1.51. The highest BCUT2D eigenvalue weighted by atomic mass is 32.2. The van der Waals surface area contributed by atoms with E-state index in [1.54, 1.807) is 11.1 Å². The summed E-state index contributed by atoms with van der Waals surface area (Å²) >= 11 is -0.174. The molecule has 0 saturated carbocycles. The van der Waals surface area contributed by atoms with Crippen molar-refractivity contribution >= 4 is 23.5 Å². The van der Waals surface area contributed by atoms with Gasteiger partial charge in [-0.2, -0.15) is 13.2 Å². The number of nitrogens with zero attached hydrogens (tertiary/aromatic N) is 4. The first-order valence-corrected chi connectivity index (χ1v) is 9.72. The lowest BCUT2D eigenvalue weighted by atomic mass is 10.3. The zero-order chi connectivity index (χ0) is 20.1. The maximum absolute atomic E-state index is 12.5. The monoisotopic (exact) mass is 413 g/mol. The van der Waals surface area contributed by atoms with Gasteiger partial charge in [0, 0.05) is 56.2 Å². The molecule has 1 fully saturated rings. The summed E-state index contributed by atoms with van der Waals surface area (Å²) in [5, 5.41) is 2.76. The number of carbonyl (C=O) groups excluding carboxylic acids is 1. The van der Waals surface area contributed by atoms with Crippen molar-refractivity contribution in [2.24, 2.45) is 7.05 Å². The van der Waals surface area contributed by atoms with Crippen molar-refractivity contribution in [2.75, 3.05) is 31.5 Å². The Labute approximate surface area is 165 Å². The van der Waals surface area contributed by atoms with E-state index in [9.17, 15) is 18.0 Å². The van der Waals surface area contributed by atoms with E-state index < -0.39 is 5.51 Å². The Kier molecular flexibility index (Phi) is 6.50. The molecule has 152 valence electrons. The summed E-state index contributed by atoms with van der Waals surface area (Å²) in [6.45, 7) is 3.56. The number of anilines is 1. The van der Waals surface area contributed by atoms with Gasteiger partial charge in [-0.15, -0.1) is 0 Å². The van der Waals surface area contributed by atoms with Crippen LogP contribution in [0.4, 0.5) is 23.7 Å². The minimum absolute atomic E-state index is 0.0881. The quantitative estimate of drug-likeness (QED) is 0.776. The number of urea groups is 1. The number of aryl methyl sites for hydroxylation is 1. The number of amides is 2. The summed E-state index contributed by atoms with van der Waals surface area (Å²) in [4.78, 5) is 20.9. The minimum atomic E-state index is -4.32. The van der Waals surface area contributed by atoms with Crippen LogP contribution in [0.3, 0.4) is 0 Å². The summed E-state index contributed by atoms with van der Waals surface area (Å²) in [5.41, 5.74) is -3.84. The van der Waals surface area contributed by atoms with Gasteiger partial charge in [0.2, 0.25) is 0 Å². The molecule has 0 atom stereocenters. The maximum Gasteiger partial charge on any atom is 0.446 e. The Morgan fingerprint density at radius 1 is 1.18 bits per heavy atom. The fourth-order valence-corrected chi connectivity index (χ4v) is 3.56. The summed E-state index contributed by atoms with van der Waals surface area (Å²) in [7, 11) is 1.96. The average Bonchev–Trinajstić information content (AvgIpc) is 2.88. The average molecular weight is 413 g/mol. The highest BCUT2D eigenvalue weighted by molar-refractivity contribution is 8.00. The van der Waals surface area contributed by atoms with Gasteiger partial charge < -0.3 is 14.8 Å². The van der Waals surface area contributed by atoms with Crippen molar-refractivity contribution in [1.82, 2.24) is 19.4 Å². The number of halogens is 3. The number of thioether (sulfide) groups is 1. The smallest absolute Gasteiger partial charge is 0.337 e. The molecule has 0 bridgehead atoms. The van der Waals surface area contributed by atoms with Gasteiger partial charge in [-0.3, -0.25) is 4.90 Å². The predicted molar refractivity (Wildman–Crippen MR) is 102 cm³/mol. The van der Waals surface area contributed by atoms with E-state index in [4.69, 9.17) is 0 Å². The van der Waals surface area contributed by atoms with Crippen molar-refractivity contribution in [2.45, 2.75) is 23.4 Å². The van der Waals surface area contributed by atoms with Crippen LogP contribution in [0.2, 0.25) is 0 Å². The van der Waals surface area contributed by atoms with Crippen LogP contribution < -0.4 is 5.32 Å². The first-order chi connectivity index (χ1) is 13.3. The van der Waals surface area contributed by atoms with Crippen LogP contribution in [-0.4, -0.2) is 57.1 Å². The molecule has 0 radical (unpaired) electrons. The van der Waals surface area contributed by atoms with E-state index in [0.29, 0.717) is 18.8 Å². The first-order valence-electron chi connectivity index (χ1n) is 8.90. The number of imidazole rings is 1. The molecule has 10 heteroatoms. The van der Waals surface area contributed by atoms with Crippen LogP contribution in [0.25, 0.3) is 0 Å². The van der Waals surface area contributed by atoms with Crippen LogP contribution in [0.1, 0.15) is 12.2 Å². The van der Waals surface area contributed by atoms with Crippen molar-refractivity contribution in [1.29, 1.82) is 0 Å². The Bertz CT molecular complexity index is 793. The Morgan fingerprint density at radius 3 is 2.57 bits per heavy atom. The van der Waals surface area contributed by atoms with Crippen LogP contribution in [-0.2, 0) is 13.6 Å². The lowest BCUT2D eigenvalue weighted by Gasteiger charge is -2.22. The number of rotatable bonds is 4. The van der Waals surface area contributed by atoms with E-state index in [2.05, 4.69) is 15.2 Å². The summed E-state index contributed by atoms with van der Waals surface area (Å²) in [5.74, 6) is 0.981. The summed E-state index contributed by atoms with van der Waals surface area (Å²) in [6, 6.07) is 5.43. The number of hydrogen-bond donors (Lipinski definition) is 1.